The summed E-state index contributed by atoms with van der Waals surface area (Å²) >= 11 is 4.97. The first-order valence-corrected chi connectivity index (χ1v) is 7.51. The topological polar surface area (TPSA) is 54.9 Å². The van der Waals surface area contributed by atoms with Crippen LogP contribution in [-0.4, -0.2) is 18.1 Å². The number of para-hydroxylation sites is 2. The van der Waals surface area contributed by atoms with Crippen molar-refractivity contribution < 1.29 is 22.6 Å². The zero-order chi connectivity index (χ0) is 17.9. The third-order valence-corrected chi connectivity index (χ3v) is 3.47. The summed E-state index contributed by atoms with van der Waals surface area (Å²) in [6, 6.07) is 10.3. The number of rotatable bonds is 3. The van der Waals surface area contributed by atoms with E-state index in [1.807, 2.05) is 0 Å². The van der Waals surface area contributed by atoms with E-state index < -0.39 is 11.7 Å². The summed E-state index contributed by atoms with van der Waals surface area (Å²) in [4.78, 5) is 0. The lowest BCUT2D eigenvalue weighted by atomic mass is 10.2. The molecule has 0 saturated heterocycles. The summed E-state index contributed by atoms with van der Waals surface area (Å²) in [6.45, 7) is 0.127. The van der Waals surface area contributed by atoms with Crippen LogP contribution in [0.4, 0.5) is 18.9 Å². The molecule has 2 aromatic rings. The number of nitrogens with zero attached hydrogens (tertiary/aromatic N) is 1. The van der Waals surface area contributed by atoms with Gasteiger partial charge in [-0.05, 0) is 36.5 Å². The van der Waals surface area contributed by atoms with Crippen LogP contribution in [0.2, 0.25) is 0 Å². The standard InChI is InChI=1S/C16H12F3N3O2S/c17-16(18,19)11-5-1-2-6-12(11)21-15(25)22-20-8-10-4-3-7-13-14(10)24-9-23-13/h1-8H,9H2,(H2,21,22,25). The van der Waals surface area contributed by atoms with Gasteiger partial charge >= 0.3 is 6.18 Å². The van der Waals surface area contributed by atoms with Gasteiger partial charge in [0, 0.05) is 5.56 Å². The summed E-state index contributed by atoms with van der Waals surface area (Å²) in [7, 11) is 0. The molecule has 0 spiro atoms. The Kier molecular flexibility index (Phi) is 4.75. The summed E-state index contributed by atoms with van der Waals surface area (Å²) in [6.07, 6.45) is -3.04. The fraction of sp³-hybridized carbons (Fsp3) is 0.125. The van der Waals surface area contributed by atoms with Crippen molar-refractivity contribution in [2.75, 3.05) is 12.1 Å². The molecule has 130 valence electrons. The van der Waals surface area contributed by atoms with Crippen molar-refractivity contribution in [1.82, 2.24) is 5.43 Å². The highest BCUT2D eigenvalue weighted by molar-refractivity contribution is 7.80. The Labute approximate surface area is 146 Å². The largest absolute Gasteiger partial charge is 0.454 e. The highest BCUT2D eigenvalue weighted by Gasteiger charge is 2.33. The normalized spacial score (nSPS) is 13.1. The van der Waals surface area contributed by atoms with Crippen molar-refractivity contribution in [2.45, 2.75) is 6.18 Å². The van der Waals surface area contributed by atoms with Crippen LogP contribution in [0.1, 0.15) is 11.1 Å². The first-order valence-electron chi connectivity index (χ1n) is 7.10. The van der Waals surface area contributed by atoms with Crippen LogP contribution in [0.3, 0.4) is 0 Å². The average Bonchev–Trinajstić information content (AvgIpc) is 3.04. The van der Waals surface area contributed by atoms with E-state index in [-0.39, 0.29) is 17.6 Å². The lowest BCUT2D eigenvalue weighted by Crippen LogP contribution is -2.25. The molecule has 1 aliphatic rings. The van der Waals surface area contributed by atoms with E-state index in [4.69, 9.17) is 21.7 Å². The van der Waals surface area contributed by atoms with Crippen LogP contribution in [0.5, 0.6) is 11.5 Å². The van der Waals surface area contributed by atoms with Crippen molar-refractivity contribution in [3.05, 3.63) is 53.6 Å². The van der Waals surface area contributed by atoms with Gasteiger partial charge in [0.25, 0.3) is 0 Å². The first-order chi connectivity index (χ1) is 11.9. The second-order valence-corrected chi connectivity index (χ2v) is 5.36. The van der Waals surface area contributed by atoms with Crippen LogP contribution >= 0.6 is 12.2 Å². The van der Waals surface area contributed by atoms with Crippen LogP contribution in [-0.2, 0) is 6.18 Å². The minimum absolute atomic E-state index is 0.0716. The molecule has 1 aliphatic heterocycles. The molecule has 9 heteroatoms. The molecule has 1 heterocycles. The Morgan fingerprint density at radius 3 is 2.72 bits per heavy atom. The highest BCUT2D eigenvalue weighted by Crippen LogP contribution is 2.35. The predicted octanol–water partition coefficient (Wildman–Crippen LogP) is 3.75. The van der Waals surface area contributed by atoms with Crippen LogP contribution in [0.25, 0.3) is 0 Å². The number of halogens is 3. The second kappa shape index (κ2) is 6.98. The predicted molar refractivity (Wildman–Crippen MR) is 91.0 cm³/mol. The first kappa shape index (κ1) is 17.0. The van der Waals surface area contributed by atoms with Crippen molar-refractivity contribution in [1.29, 1.82) is 0 Å². The lowest BCUT2D eigenvalue weighted by molar-refractivity contribution is -0.136. The maximum Gasteiger partial charge on any atom is 0.418 e. The molecule has 0 bridgehead atoms. The quantitative estimate of drug-likeness (QED) is 0.492. The van der Waals surface area contributed by atoms with Gasteiger partial charge in [-0.3, -0.25) is 5.43 Å². The van der Waals surface area contributed by atoms with Gasteiger partial charge in [0.1, 0.15) is 0 Å². The molecule has 3 rings (SSSR count). The second-order valence-electron chi connectivity index (χ2n) is 4.95. The van der Waals surface area contributed by atoms with Crippen molar-refractivity contribution in [3.8, 4) is 11.5 Å². The number of thiocarbonyl (C=S) groups is 1. The smallest absolute Gasteiger partial charge is 0.418 e. The average molecular weight is 367 g/mol. The lowest BCUT2D eigenvalue weighted by Gasteiger charge is -2.14. The monoisotopic (exact) mass is 367 g/mol. The number of benzene rings is 2. The van der Waals surface area contributed by atoms with E-state index in [1.54, 1.807) is 18.2 Å². The van der Waals surface area contributed by atoms with E-state index in [1.165, 1.54) is 24.4 Å². The zero-order valence-corrected chi connectivity index (χ0v) is 13.4. The van der Waals surface area contributed by atoms with Gasteiger partial charge in [-0.1, -0.05) is 18.2 Å². The van der Waals surface area contributed by atoms with E-state index in [0.29, 0.717) is 17.1 Å². The molecule has 0 atom stereocenters. The number of hydrogen-bond donors (Lipinski definition) is 2. The molecule has 2 aromatic carbocycles. The number of anilines is 1. The van der Waals surface area contributed by atoms with E-state index >= 15 is 0 Å². The Balaban J connectivity index is 1.66. The van der Waals surface area contributed by atoms with Gasteiger partial charge in [-0.15, -0.1) is 0 Å². The SMILES string of the molecule is FC(F)(F)c1ccccc1NC(=S)NN=Cc1cccc2c1OCO2. The molecular formula is C16H12F3N3O2S. The maximum atomic E-state index is 12.9. The molecule has 2 N–H and O–H groups in total. The van der Waals surface area contributed by atoms with Crippen LogP contribution < -0.4 is 20.2 Å². The molecule has 0 saturated carbocycles. The van der Waals surface area contributed by atoms with E-state index in [2.05, 4.69) is 15.8 Å². The van der Waals surface area contributed by atoms with Gasteiger partial charge in [-0.2, -0.15) is 18.3 Å². The van der Waals surface area contributed by atoms with E-state index in [9.17, 15) is 13.2 Å². The number of hydrogen-bond acceptors (Lipinski definition) is 4. The van der Waals surface area contributed by atoms with Gasteiger partial charge < -0.3 is 14.8 Å². The Morgan fingerprint density at radius 2 is 1.92 bits per heavy atom. The third-order valence-electron chi connectivity index (χ3n) is 3.28. The number of hydrazone groups is 1. The molecule has 0 amide bonds. The summed E-state index contributed by atoms with van der Waals surface area (Å²) in [5.41, 5.74) is 2.17. The molecular weight excluding hydrogens is 355 g/mol. The number of ether oxygens (including phenoxy) is 2. The molecule has 5 nitrogen and oxygen atoms in total. The summed E-state index contributed by atoms with van der Waals surface area (Å²) < 4.78 is 49.4. The number of fused-ring (bicyclic) bond motifs is 1. The van der Waals surface area contributed by atoms with Crippen LogP contribution in [0, 0.1) is 0 Å². The molecule has 25 heavy (non-hydrogen) atoms. The summed E-state index contributed by atoms with van der Waals surface area (Å²) in [5.74, 6) is 1.15. The van der Waals surface area contributed by atoms with Gasteiger partial charge in [0.05, 0.1) is 17.5 Å². The highest BCUT2D eigenvalue weighted by atomic mass is 32.1. The number of nitrogens with one attached hydrogen (secondary N) is 2. The van der Waals surface area contributed by atoms with Crippen molar-refractivity contribution >= 4 is 29.2 Å². The zero-order valence-electron chi connectivity index (χ0n) is 12.6. The maximum absolute atomic E-state index is 12.9. The minimum atomic E-state index is -4.48. The molecule has 0 aromatic heterocycles. The van der Waals surface area contributed by atoms with Crippen LogP contribution in [0.15, 0.2) is 47.6 Å². The Hall–Kier alpha value is -2.81. The van der Waals surface area contributed by atoms with E-state index in [0.717, 1.165) is 6.07 Å². The fourth-order valence-electron chi connectivity index (χ4n) is 2.20. The van der Waals surface area contributed by atoms with Crippen molar-refractivity contribution in [2.24, 2.45) is 5.10 Å². The number of alkyl halides is 3. The molecule has 0 radical (unpaired) electrons. The molecule has 0 aliphatic carbocycles. The Morgan fingerprint density at radius 1 is 1.12 bits per heavy atom. The van der Waals surface area contributed by atoms with Crippen molar-refractivity contribution in [3.63, 3.8) is 0 Å². The minimum Gasteiger partial charge on any atom is -0.454 e. The summed E-state index contributed by atoms with van der Waals surface area (Å²) in [5, 5.41) is 6.33. The Bertz CT molecular complexity index is 825. The van der Waals surface area contributed by atoms with Gasteiger partial charge in [-0.25, -0.2) is 0 Å². The third kappa shape index (κ3) is 4.00. The molecule has 0 unspecified atom stereocenters. The fourth-order valence-corrected chi connectivity index (χ4v) is 2.37. The van der Waals surface area contributed by atoms with Gasteiger partial charge in [0.15, 0.2) is 16.6 Å². The molecule has 0 fully saturated rings. The van der Waals surface area contributed by atoms with Gasteiger partial charge in [0.2, 0.25) is 6.79 Å².